The molecule has 0 bridgehead atoms. The number of nitrogens with one attached hydrogen (secondary N) is 1. The molecule has 1 heterocycles. The number of thioether (sulfide) groups is 1. The van der Waals surface area contributed by atoms with Crippen molar-refractivity contribution >= 4 is 23.6 Å². The Labute approximate surface area is 216 Å². The largest absolute Gasteiger partial charge is 0.341 e. The molecule has 1 aliphatic heterocycles. The number of carbonyl (C=O) groups excluding carboxylic acids is 2. The van der Waals surface area contributed by atoms with Crippen LogP contribution in [0.1, 0.15) is 49.6 Å². The van der Waals surface area contributed by atoms with Crippen LogP contribution in [0.2, 0.25) is 0 Å². The summed E-state index contributed by atoms with van der Waals surface area (Å²) in [5.74, 6) is 0.474. The van der Waals surface area contributed by atoms with Gasteiger partial charge in [-0.05, 0) is 41.3 Å². The third-order valence-electron chi connectivity index (χ3n) is 6.44. The van der Waals surface area contributed by atoms with Crippen molar-refractivity contribution in [3.05, 3.63) is 143 Å². The van der Waals surface area contributed by atoms with E-state index in [1.165, 1.54) is 5.56 Å². The van der Waals surface area contributed by atoms with Crippen molar-refractivity contribution in [2.75, 3.05) is 5.75 Å². The van der Waals surface area contributed by atoms with Gasteiger partial charge in [0.25, 0.3) is 5.91 Å². The van der Waals surface area contributed by atoms with Crippen LogP contribution in [0.5, 0.6) is 0 Å². The Morgan fingerprint density at radius 2 is 1.47 bits per heavy atom. The van der Waals surface area contributed by atoms with Crippen molar-refractivity contribution in [3.8, 4) is 0 Å². The Bertz CT molecular complexity index is 1320. The SMILES string of the molecule is Cc1ccc([C@@H](NC(=O)c2ccc([C@H]3SCC(=O)N3Cc3ccccc3)cc2)c2ccccc2)cc1. The Kier molecular flexibility index (Phi) is 7.19. The fraction of sp³-hybridized carbons (Fsp3) is 0.161. The van der Waals surface area contributed by atoms with Crippen molar-refractivity contribution < 1.29 is 9.59 Å². The van der Waals surface area contributed by atoms with Crippen LogP contribution >= 0.6 is 11.8 Å². The van der Waals surface area contributed by atoms with E-state index in [1.54, 1.807) is 11.8 Å². The predicted molar refractivity (Wildman–Crippen MR) is 146 cm³/mol. The lowest BCUT2D eigenvalue weighted by Gasteiger charge is -2.24. The molecule has 180 valence electrons. The Morgan fingerprint density at radius 1 is 0.861 bits per heavy atom. The molecule has 2 atom stereocenters. The second-order valence-corrected chi connectivity index (χ2v) is 10.1. The van der Waals surface area contributed by atoms with Gasteiger partial charge >= 0.3 is 0 Å². The average molecular weight is 493 g/mol. The van der Waals surface area contributed by atoms with E-state index in [9.17, 15) is 9.59 Å². The van der Waals surface area contributed by atoms with E-state index in [4.69, 9.17) is 0 Å². The molecule has 0 saturated carbocycles. The highest BCUT2D eigenvalue weighted by atomic mass is 32.2. The number of amides is 2. The first kappa shape index (κ1) is 23.9. The lowest BCUT2D eigenvalue weighted by Crippen LogP contribution is -2.29. The van der Waals surface area contributed by atoms with Gasteiger partial charge in [-0.25, -0.2) is 0 Å². The Morgan fingerprint density at radius 3 is 2.14 bits per heavy atom. The molecule has 4 aromatic rings. The highest BCUT2D eigenvalue weighted by Gasteiger charge is 2.32. The summed E-state index contributed by atoms with van der Waals surface area (Å²) in [4.78, 5) is 27.8. The zero-order valence-electron chi connectivity index (χ0n) is 20.1. The predicted octanol–water partition coefficient (Wildman–Crippen LogP) is 6.29. The lowest BCUT2D eigenvalue weighted by molar-refractivity contribution is -0.128. The maximum atomic E-state index is 13.3. The molecule has 5 heteroatoms. The molecule has 1 saturated heterocycles. The molecule has 2 amide bonds. The molecule has 36 heavy (non-hydrogen) atoms. The number of carbonyl (C=O) groups is 2. The van der Waals surface area contributed by atoms with Crippen LogP contribution in [0, 0.1) is 6.92 Å². The van der Waals surface area contributed by atoms with E-state index in [0.29, 0.717) is 17.9 Å². The van der Waals surface area contributed by atoms with Crippen molar-refractivity contribution in [2.24, 2.45) is 0 Å². The zero-order chi connectivity index (χ0) is 24.9. The normalized spacial score (nSPS) is 16.1. The van der Waals surface area contributed by atoms with E-state index >= 15 is 0 Å². The molecule has 5 rings (SSSR count). The maximum absolute atomic E-state index is 13.3. The van der Waals surface area contributed by atoms with Crippen LogP contribution < -0.4 is 5.32 Å². The van der Waals surface area contributed by atoms with Crippen molar-refractivity contribution in [1.82, 2.24) is 10.2 Å². The Hall–Kier alpha value is -3.83. The van der Waals surface area contributed by atoms with Gasteiger partial charge in [-0.3, -0.25) is 9.59 Å². The number of hydrogen-bond donors (Lipinski definition) is 1. The summed E-state index contributed by atoms with van der Waals surface area (Å²) in [5.41, 5.74) is 5.97. The van der Waals surface area contributed by atoms with Crippen LogP contribution in [-0.4, -0.2) is 22.5 Å². The molecule has 4 nitrogen and oxygen atoms in total. The molecular weight excluding hydrogens is 464 g/mol. The standard InChI is InChI=1S/C31H28N2O2S/c1-22-12-14-25(15-13-22)29(24-10-6-3-7-11-24)32-30(35)26-16-18-27(19-17-26)31-33(28(34)21-36-31)20-23-8-4-2-5-9-23/h2-19,29,31H,20-21H2,1H3,(H,32,35)/t29-,31+/m0/s1. The molecule has 1 aliphatic rings. The van der Waals surface area contributed by atoms with Gasteiger partial charge in [-0.15, -0.1) is 11.8 Å². The van der Waals surface area contributed by atoms with E-state index < -0.39 is 0 Å². The number of nitrogens with zero attached hydrogens (tertiary/aromatic N) is 1. The van der Waals surface area contributed by atoms with Crippen LogP contribution in [0.25, 0.3) is 0 Å². The molecule has 0 spiro atoms. The molecule has 0 unspecified atom stereocenters. The van der Waals surface area contributed by atoms with Crippen molar-refractivity contribution in [3.63, 3.8) is 0 Å². The second-order valence-electron chi connectivity index (χ2n) is 9.02. The number of benzene rings is 4. The first-order valence-electron chi connectivity index (χ1n) is 12.1. The number of rotatable bonds is 7. The summed E-state index contributed by atoms with van der Waals surface area (Å²) in [6.07, 6.45) is 0. The van der Waals surface area contributed by atoms with Gasteiger partial charge in [-0.2, -0.15) is 0 Å². The molecule has 1 fully saturated rings. The molecule has 1 N–H and O–H groups in total. The smallest absolute Gasteiger partial charge is 0.252 e. The monoisotopic (exact) mass is 492 g/mol. The lowest BCUT2D eigenvalue weighted by atomic mass is 9.97. The van der Waals surface area contributed by atoms with Gasteiger partial charge in [0.2, 0.25) is 5.91 Å². The minimum atomic E-state index is -0.247. The molecule has 0 aliphatic carbocycles. The van der Waals surface area contributed by atoms with E-state index in [-0.39, 0.29) is 23.2 Å². The maximum Gasteiger partial charge on any atom is 0.252 e. The number of hydrogen-bond acceptors (Lipinski definition) is 3. The number of aryl methyl sites for hydroxylation is 1. The Balaban J connectivity index is 1.33. The summed E-state index contributed by atoms with van der Waals surface area (Å²) in [6.45, 7) is 2.63. The minimum absolute atomic E-state index is 0.0561. The first-order valence-corrected chi connectivity index (χ1v) is 13.1. The summed E-state index contributed by atoms with van der Waals surface area (Å²) in [7, 11) is 0. The van der Waals surface area contributed by atoms with Gasteiger partial charge < -0.3 is 10.2 Å². The summed E-state index contributed by atoms with van der Waals surface area (Å²) >= 11 is 1.63. The second kappa shape index (κ2) is 10.8. The molecule has 4 aromatic carbocycles. The van der Waals surface area contributed by atoms with E-state index in [0.717, 1.165) is 22.3 Å². The highest BCUT2D eigenvalue weighted by molar-refractivity contribution is 8.00. The van der Waals surface area contributed by atoms with Gasteiger partial charge in [-0.1, -0.05) is 103 Å². The zero-order valence-corrected chi connectivity index (χ0v) is 20.9. The fourth-order valence-electron chi connectivity index (χ4n) is 4.46. The first-order chi connectivity index (χ1) is 17.6. The molecular formula is C31H28N2O2S. The molecule has 0 radical (unpaired) electrons. The summed E-state index contributed by atoms with van der Waals surface area (Å²) in [5, 5.41) is 3.16. The van der Waals surface area contributed by atoms with E-state index in [1.807, 2.05) is 89.8 Å². The van der Waals surface area contributed by atoms with Crippen LogP contribution in [0.15, 0.2) is 109 Å². The summed E-state index contributed by atoms with van der Waals surface area (Å²) in [6, 6.07) is 35.7. The van der Waals surface area contributed by atoms with Gasteiger partial charge in [0.15, 0.2) is 0 Å². The van der Waals surface area contributed by atoms with Crippen molar-refractivity contribution in [1.29, 1.82) is 0 Å². The minimum Gasteiger partial charge on any atom is -0.341 e. The van der Waals surface area contributed by atoms with Gasteiger partial charge in [0.1, 0.15) is 5.37 Å². The summed E-state index contributed by atoms with van der Waals surface area (Å²) < 4.78 is 0. The molecule has 0 aromatic heterocycles. The topological polar surface area (TPSA) is 49.4 Å². The average Bonchev–Trinajstić information content (AvgIpc) is 3.28. The highest BCUT2D eigenvalue weighted by Crippen LogP contribution is 2.39. The van der Waals surface area contributed by atoms with E-state index in [2.05, 4.69) is 36.5 Å². The van der Waals surface area contributed by atoms with Crippen LogP contribution in [0.3, 0.4) is 0 Å². The van der Waals surface area contributed by atoms with Crippen molar-refractivity contribution in [2.45, 2.75) is 24.9 Å². The fourth-order valence-corrected chi connectivity index (χ4v) is 5.65. The quantitative estimate of drug-likeness (QED) is 0.330. The third kappa shape index (κ3) is 5.37. The van der Waals surface area contributed by atoms with Gasteiger partial charge in [0, 0.05) is 12.1 Å². The van der Waals surface area contributed by atoms with Crippen LogP contribution in [0.4, 0.5) is 0 Å². The van der Waals surface area contributed by atoms with Crippen LogP contribution in [-0.2, 0) is 11.3 Å². The van der Waals surface area contributed by atoms with Gasteiger partial charge in [0.05, 0.1) is 11.8 Å². The third-order valence-corrected chi connectivity index (χ3v) is 7.70.